The number of aromatic nitrogens is 2. The Morgan fingerprint density at radius 2 is 1.65 bits per heavy atom. The fraction of sp³-hybridized carbons (Fsp3) is 0.130. The number of hydrogen-bond donors (Lipinski definition) is 4. The number of rotatable bonds is 9. The molecule has 4 aromatic rings. The van der Waals surface area contributed by atoms with E-state index < -0.39 is 21.6 Å². The Morgan fingerprint density at radius 3 is 2.41 bits per heavy atom. The van der Waals surface area contributed by atoms with Crippen molar-refractivity contribution in [3.63, 3.8) is 0 Å². The lowest BCUT2D eigenvalue weighted by Gasteiger charge is -2.13. The summed E-state index contributed by atoms with van der Waals surface area (Å²) in [5.41, 5.74) is 0.692. The van der Waals surface area contributed by atoms with Crippen LogP contribution in [0.1, 0.15) is 10.4 Å². The monoisotopic (exact) mass is 482 g/mol. The molecular formula is C23H22N4O6S. The highest BCUT2D eigenvalue weighted by Crippen LogP contribution is 2.22. The van der Waals surface area contributed by atoms with E-state index in [1.165, 1.54) is 30.3 Å². The van der Waals surface area contributed by atoms with Crippen LogP contribution >= 0.6 is 0 Å². The minimum absolute atomic E-state index is 0.0571. The summed E-state index contributed by atoms with van der Waals surface area (Å²) in [5, 5.41) is 2.72. The van der Waals surface area contributed by atoms with Crippen LogP contribution in [0.25, 0.3) is 11.0 Å². The SMILES string of the molecule is COc1ccc(OCCNC(=O)c2ccccc2NS(=O)(=O)c2ccc3[nH]c(=O)[nH]c3c2)cc1. The van der Waals surface area contributed by atoms with Crippen LogP contribution < -0.4 is 25.2 Å². The zero-order valence-electron chi connectivity index (χ0n) is 18.1. The summed E-state index contributed by atoms with van der Waals surface area (Å²) in [4.78, 5) is 29.2. The van der Waals surface area contributed by atoms with E-state index in [4.69, 9.17) is 9.47 Å². The molecule has 0 aliphatic rings. The number of benzene rings is 3. The van der Waals surface area contributed by atoms with E-state index in [1.807, 2.05) is 0 Å². The maximum Gasteiger partial charge on any atom is 0.323 e. The fourth-order valence-corrected chi connectivity index (χ4v) is 4.36. The van der Waals surface area contributed by atoms with Gasteiger partial charge in [-0.05, 0) is 54.6 Å². The van der Waals surface area contributed by atoms with E-state index in [-0.39, 0.29) is 29.3 Å². The minimum atomic E-state index is -4.02. The van der Waals surface area contributed by atoms with Gasteiger partial charge in [0.2, 0.25) is 0 Å². The van der Waals surface area contributed by atoms with Crippen molar-refractivity contribution in [3.8, 4) is 11.5 Å². The van der Waals surface area contributed by atoms with Gasteiger partial charge in [0.1, 0.15) is 18.1 Å². The number of aromatic amines is 2. The third-order valence-electron chi connectivity index (χ3n) is 4.93. The van der Waals surface area contributed by atoms with E-state index in [0.29, 0.717) is 22.5 Å². The molecule has 1 amide bonds. The van der Waals surface area contributed by atoms with Gasteiger partial charge in [0.25, 0.3) is 15.9 Å². The van der Waals surface area contributed by atoms with Gasteiger partial charge in [-0.2, -0.15) is 0 Å². The third-order valence-corrected chi connectivity index (χ3v) is 6.29. The molecule has 0 bridgehead atoms. The van der Waals surface area contributed by atoms with Crippen molar-refractivity contribution < 1.29 is 22.7 Å². The number of imidazole rings is 1. The van der Waals surface area contributed by atoms with E-state index in [9.17, 15) is 18.0 Å². The number of anilines is 1. The summed E-state index contributed by atoms with van der Waals surface area (Å²) in [5.74, 6) is 0.881. The Morgan fingerprint density at radius 1 is 0.941 bits per heavy atom. The van der Waals surface area contributed by atoms with E-state index >= 15 is 0 Å². The van der Waals surface area contributed by atoms with Crippen LogP contribution in [0, 0.1) is 0 Å². The Hall–Kier alpha value is -4.25. The first-order chi connectivity index (χ1) is 16.4. The second kappa shape index (κ2) is 9.71. The third kappa shape index (κ3) is 5.21. The lowest BCUT2D eigenvalue weighted by Crippen LogP contribution is -2.29. The van der Waals surface area contributed by atoms with Gasteiger partial charge < -0.3 is 24.8 Å². The van der Waals surface area contributed by atoms with Gasteiger partial charge in [-0.25, -0.2) is 13.2 Å². The molecule has 0 unspecified atom stereocenters. The van der Waals surface area contributed by atoms with Crippen LogP contribution in [-0.4, -0.2) is 44.6 Å². The number of carbonyl (C=O) groups is 1. The molecule has 0 spiro atoms. The number of nitrogens with one attached hydrogen (secondary N) is 4. The van der Waals surface area contributed by atoms with Crippen molar-refractivity contribution in [1.29, 1.82) is 0 Å². The molecule has 0 aliphatic carbocycles. The summed E-state index contributed by atoms with van der Waals surface area (Å²) in [6.07, 6.45) is 0. The van der Waals surface area contributed by atoms with Gasteiger partial charge in [0.15, 0.2) is 0 Å². The first-order valence-corrected chi connectivity index (χ1v) is 11.7. The number of ether oxygens (including phenoxy) is 2. The van der Waals surface area contributed by atoms with Crippen molar-refractivity contribution in [2.24, 2.45) is 0 Å². The van der Waals surface area contributed by atoms with Crippen molar-refractivity contribution in [2.75, 3.05) is 25.0 Å². The summed E-state index contributed by atoms with van der Waals surface area (Å²) >= 11 is 0. The molecule has 1 aromatic heterocycles. The molecule has 0 radical (unpaired) electrons. The topological polar surface area (TPSA) is 142 Å². The number of H-pyrrole nitrogens is 2. The molecule has 34 heavy (non-hydrogen) atoms. The van der Waals surface area contributed by atoms with Gasteiger partial charge >= 0.3 is 5.69 Å². The van der Waals surface area contributed by atoms with Crippen LogP contribution in [0.15, 0.2) is 76.4 Å². The Kier molecular flexibility index (Phi) is 6.55. The van der Waals surface area contributed by atoms with Gasteiger partial charge in [0, 0.05) is 0 Å². The first kappa shape index (κ1) is 22.9. The van der Waals surface area contributed by atoms with E-state index in [1.54, 1.807) is 43.5 Å². The Balaban J connectivity index is 1.41. The van der Waals surface area contributed by atoms with Crippen LogP contribution in [-0.2, 0) is 10.0 Å². The molecule has 0 saturated heterocycles. The highest BCUT2D eigenvalue weighted by molar-refractivity contribution is 7.92. The molecule has 4 N–H and O–H groups in total. The van der Waals surface area contributed by atoms with Crippen molar-refractivity contribution in [1.82, 2.24) is 15.3 Å². The normalized spacial score (nSPS) is 11.2. The van der Waals surface area contributed by atoms with Crippen LogP contribution in [0.3, 0.4) is 0 Å². The molecule has 0 saturated carbocycles. The zero-order chi connectivity index (χ0) is 24.1. The zero-order valence-corrected chi connectivity index (χ0v) is 18.9. The van der Waals surface area contributed by atoms with Crippen molar-refractivity contribution >= 4 is 32.7 Å². The molecule has 1 heterocycles. The Labute approximate surface area is 195 Å². The summed E-state index contributed by atoms with van der Waals surface area (Å²) in [6.45, 7) is 0.435. The number of para-hydroxylation sites is 1. The second-order valence-corrected chi connectivity index (χ2v) is 8.90. The van der Waals surface area contributed by atoms with Gasteiger partial charge in [-0.3, -0.25) is 9.52 Å². The van der Waals surface area contributed by atoms with Crippen LogP contribution in [0.2, 0.25) is 0 Å². The predicted molar refractivity (Wildman–Crippen MR) is 127 cm³/mol. The number of carbonyl (C=O) groups excluding carboxylic acids is 1. The van der Waals surface area contributed by atoms with Gasteiger partial charge in [0.05, 0.1) is 40.8 Å². The lowest BCUT2D eigenvalue weighted by atomic mass is 10.1. The van der Waals surface area contributed by atoms with Crippen molar-refractivity contribution in [3.05, 3.63) is 82.8 Å². The highest BCUT2D eigenvalue weighted by Gasteiger charge is 2.19. The predicted octanol–water partition coefficient (Wildman–Crippen LogP) is 2.47. The molecule has 11 heteroatoms. The number of hydrogen-bond acceptors (Lipinski definition) is 6. The number of sulfonamides is 1. The highest BCUT2D eigenvalue weighted by atomic mass is 32.2. The molecule has 4 rings (SSSR count). The molecule has 0 atom stereocenters. The first-order valence-electron chi connectivity index (χ1n) is 10.2. The molecule has 0 aliphatic heterocycles. The molecule has 3 aromatic carbocycles. The standard InChI is InChI=1S/C23H22N4O6S/c1-32-15-6-8-16(9-7-15)33-13-12-24-22(28)18-4-2-3-5-19(18)27-34(30,31)17-10-11-20-21(14-17)26-23(29)25-20/h2-11,14,27H,12-13H2,1H3,(H,24,28)(H2,25,26,29). The largest absolute Gasteiger partial charge is 0.497 e. The maximum absolute atomic E-state index is 12.9. The van der Waals surface area contributed by atoms with Crippen molar-refractivity contribution in [2.45, 2.75) is 4.90 Å². The molecular weight excluding hydrogens is 460 g/mol. The smallest absolute Gasteiger partial charge is 0.323 e. The van der Waals surface area contributed by atoms with Gasteiger partial charge in [-0.15, -0.1) is 0 Å². The number of fused-ring (bicyclic) bond motifs is 1. The van der Waals surface area contributed by atoms with Crippen LogP contribution in [0.4, 0.5) is 5.69 Å². The average Bonchev–Trinajstić information content (AvgIpc) is 3.21. The molecule has 176 valence electrons. The number of methoxy groups -OCH3 is 1. The number of amides is 1. The van der Waals surface area contributed by atoms with Gasteiger partial charge in [-0.1, -0.05) is 12.1 Å². The minimum Gasteiger partial charge on any atom is -0.497 e. The Bertz CT molecular complexity index is 1480. The van der Waals surface area contributed by atoms with E-state index in [0.717, 1.165) is 0 Å². The molecule has 0 fully saturated rings. The quantitative estimate of drug-likeness (QED) is 0.270. The lowest BCUT2D eigenvalue weighted by molar-refractivity contribution is 0.0948. The summed E-state index contributed by atoms with van der Waals surface area (Å²) in [7, 11) is -2.44. The fourth-order valence-electron chi connectivity index (χ4n) is 3.25. The molecule has 10 nitrogen and oxygen atoms in total. The summed E-state index contributed by atoms with van der Waals surface area (Å²) < 4.78 is 39.0. The second-order valence-electron chi connectivity index (χ2n) is 7.22. The summed E-state index contributed by atoms with van der Waals surface area (Å²) in [6, 6.07) is 17.5. The average molecular weight is 483 g/mol. The maximum atomic E-state index is 12.9. The van der Waals surface area contributed by atoms with Crippen LogP contribution in [0.5, 0.6) is 11.5 Å². The van der Waals surface area contributed by atoms with E-state index in [2.05, 4.69) is 20.0 Å².